The number of ether oxygens (including phenoxy) is 1. The minimum Gasteiger partial charge on any atom is -0.464 e. The van der Waals surface area contributed by atoms with Crippen molar-refractivity contribution in [2.45, 2.75) is 24.8 Å². The zero-order valence-electron chi connectivity index (χ0n) is 9.69. The molecule has 16 heavy (non-hydrogen) atoms. The number of hydrogen-bond acceptors (Lipinski definition) is 4. The normalized spacial score (nSPS) is 12.2. The minimum atomic E-state index is -1.19. The van der Waals surface area contributed by atoms with E-state index in [2.05, 4.69) is 0 Å². The maximum absolute atomic E-state index is 11.4. The Bertz CT molecular complexity index is 377. The van der Waals surface area contributed by atoms with Gasteiger partial charge in [-0.2, -0.15) is 0 Å². The van der Waals surface area contributed by atoms with E-state index in [0.717, 1.165) is 10.5 Å². The van der Waals surface area contributed by atoms with Gasteiger partial charge in [-0.1, -0.05) is 12.1 Å². The van der Waals surface area contributed by atoms with Crippen LogP contribution in [0.3, 0.4) is 0 Å². The van der Waals surface area contributed by atoms with Gasteiger partial charge < -0.3 is 9.84 Å². The van der Waals surface area contributed by atoms with Gasteiger partial charge in [-0.05, 0) is 31.7 Å². The second kappa shape index (κ2) is 5.92. The van der Waals surface area contributed by atoms with E-state index in [4.69, 9.17) is 4.74 Å². The number of aliphatic hydroxyl groups excluding tert-OH is 1. The summed E-state index contributed by atoms with van der Waals surface area (Å²) < 4.78 is 4.79. The molecule has 0 aliphatic rings. The molecular formula is C12H16O3S. The van der Waals surface area contributed by atoms with Gasteiger partial charge in [0.1, 0.15) is 0 Å². The number of thioether (sulfide) groups is 1. The fraction of sp³-hybridized carbons (Fsp3) is 0.417. The second-order valence-electron chi connectivity index (χ2n) is 3.40. The van der Waals surface area contributed by atoms with E-state index in [9.17, 15) is 9.90 Å². The maximum Gasteiger partial charge on any atom is 0.339 e. The average Bonchev–Trinajstić information content (AvgIpc) is 2.28. The first-order chi connectivity index (χ1) is 7.60. The van der Waals surface area contributed by atoms with Crippen molar-refractivity contribution < 1.29 is 14.6 Å². The Kier molecular flexibility index (Phi) is 4.83. The van der Waals surface area contributed by atoms with E-state index in [0.29, 0.717) is 5.56 Å². The highest BCUT2D eigenvalue weighted by molar-refractivity contribution is 7.98. The van der Waals surface area contributed by atoms with Gasteiger partial charge in [0.2, 0.25) is 0 Å². The number of aliphatic hydroxyl groups is 1. The highest BCUT2D eigenvalue weighted by atomic mass is 32.2. The molecule has 0 radical (unpaired) electrons. The lowest BCUT2D eigenvalue weighted by Crippen LogP contribution is -2.16. The van der Waals surface area contributed by atoms with Gasteiger partial charge in [0.15, 0.2) is 6.10 Å². The molecule has 0 bridgehead atoms. The zero-order chi connectivity index (χ0) is 12.1. The largest absolute Gasteiger partial charge is 0.464 e. The molecule has 88 valence electrons. The summed E-state index contributed by atoms with van der Waals surface area (Å²) in [5.74, 6) is -0.596. The third kappa shape index (κ3) is 3.00. The monoisotopic (exact) mass is 240 g/mol. The molecule has 0 aromatic heterocycles. The van der Waals surface area contributed by atoms with Crippen LogP contribution in [-0.4, -0.2) is 23.9 Å². The predicted octanol–water partition coefficient (Wildman–Crippen LogP) is 2.31. The summed E-state index contributed by atoms with van der Waals surface area (Å²) in [6.07, 6.45) is 0.721. The molecule has 0 saturated carbocycles. The Morgan fingerprint density at radius 2 is 2.25 bits per heavy atom. The van der Waals surface area contributed by atoms with E-state index in [1.54, 1.807) is 13.0 Å². The Balaban J connectivity index is 2.98. The lowest BCUT2D eigenvalue weighted by Gasteiger charge is -2.13. The number of esters is 1. The summed E-state index contributed by atoms with van der Waals surface area (Å²) in [4.78, 5) is 12.3. The van der Waals surface area contributed by atoms with E-state index >= 15 is 0 Å². The van der Waals surface area contributed by atoms with Crippen LogP contribution >= 0.6 is 11.8 Å². The summed E-state index contributed by atoms with van der Waals surface area (Å²) in [7, 11) is 0. The smallest absolute Gasteiger partial charge is 0.339 e. The molecule has 0 amide bonds. The van der Waals surface area contributed by atoms with Crippen LogP contribution in [-0.2, 0) is 9.53 Å². The Hall–Kier alpha value is -1.00. The van der Waals surface area contributed by atoms with Gasteiger partial charge in [0.25, 0.3) is 0 Å². The molecule has 1 atom stereocenters. The van der Waals surface area contributed by atoms with E-state index < -0.39 is 12.1 Å². The molecule has 1 unspecified atom stereocenters. The lowest BCUT2D eigenvalue weighted by molar-refractivity contribution is -0.153. The summed E-state index contributed by atoms with van der Waals surface area (Å²) in [5.41, 5.74) is 1.71. The van der Waals surface area contributed by atoms with Crippen molar-refractivity contribution in [3.05, 3.63) is 29.3 Å². The first-order valence-electron chi connectivity index (χ1n) is 5.09. The fourth-order valence-corrected chi connectivity index (χ4v) is 2.11. The van der Waals surface area contributed by atoms with Gasteiger partial charge >= 0.3 is 5.97 Å². The van der Waals surface area contributed by atoms with Crippen LogP contribution < -0.4 is 0 Å². The Morgan fingerprint density at radius 1 is 1.56 bits per heavy atom. The summed E-state index contributed by atoms with van der Waals surface area (Å²) in [5, 5.41) is 9.84. The molecule has 4 heteroatoms. The van der Waals surface area contributed by atoms with Crippen LogP contribution in [0.4, 0.5) is 0 Å². The number of carbonyl (C=O) groups is 1. The van der Waals surface area contributed by atoms with Crippen LogP contribution in [0, 0.1) is 6.92 Å². The van der Waals surface area contributed by atoms with Crippen LogP contribution in [0.5, 0.6) is 0 Å². The van der Waals surface area contributed by atoms with Crippen molar-refractivity contribution in [2.24, 2.45) is 0 Å². The van der Waals surface area contributed by atoms with Gasteiger partial charge in [0.05, 0.1) is 6.61 Å². The SMILES string of the molecule is CCOC(=O)C(O)c1ccc(C)cc1SC. The Morgan fingerprint density at radius 3 is 2.81 bits per heavy atom. The van der Waals surface area contributed by atoms with Crippen molar-refractivity contribution in [3.8, 4) is 0 Å². The van der Waals surface area contributed by atoms with Crippen molar-refractivity contribution in [1.82, 2.24) is 0 Å². The summed E-state index contributed by atoms with van der Waals surface area (Å²) >= 11 is 1.51. The van der Waals surface area contributed by atoms with E-state index in [1.165, 1.54) is 11.8 Å². The third-order valence-corrected chi connectivity index (χ3v) is 2.99. The van der Waals surface area contributed by atoms with Crippen molar-refractivity contribution in [3.63, 3.8) is 0 Å². The first-order valence-corrected chi connectivity index (χ1v) is 6.31. The highest BCUT2D eigenvalue weighted by Crippen LogP contribution is 2.27. The van der Waals surface area contributed by atoms with Gasteiger partial charge in [-0.15, -0.1) is 11.8 Å². The first kappa shape index (κ1) is 13.1. The van der Waals surface area contributed by atoms with Gasteiger partial charge in [-0.25, -0.2) is 4.79 Å². The molecule has 1 N–H and O–H groups in total. The molecule has 0 aliphatic carbocycles. The molecule has 0 fully saturated rings. The van der Waals surface area contributed by atoms with Crippen LogP contribution in [0.15, 0.2) is 23.1 Å². The van der Waals surface area contributed by atoms with Gasteiger partial charge in [-0.3, -0.25) is 0 Å². The molecule has 0 saturated heterocycles. The molecule has 0 heterocycles. The molecule has 3 nitrogen and oxygen atoms in total. The van der Waals surface area contributed by atoms with E-state index in [-0.39, 0.29) is 6.61 Å². The minimum absolute atomic E-state index is 0.274. The van der Waals surface area contributed by atoms with Crippen LogP contribution in [0.1, 0.15) is 24.2 Å². The molecule has 0 spiro atoms. The number of carbonyl (C=O) groups excluding carboxylic acids is 1. The topological polar surface area (TPSA) is 46.5 Å². The standard InChI is InChI=1S/C12H16O3S/c1-4-15-12(14)11(13)9-6-5-8(2)7-10(9)16-3/h5-7,11,13H,4H2,1-3H3. The van der Waals surface area contributed by atoms with Crippen LogP contribution in [0.2, 0.25) is 0 Å². The molecule has 1 aromatic carbocycles. The third-order valence-electron chi connectivity index (χ3n) is 2.19. The maximum atomic E-state index is 11.4. The quantitative estimate of drug-likeness (QED) is 0.648. The van der Waals surface area contributed by atoms with E-state index in [1.807, 2.05) is 25.3 Å². The predicted molar refractivity (Wildman–Crippen MR) is 64.6 cm³/mol. The average molecular weight is 240 g/mol. The number of benzene rings is 1. The molecular weight excluding hydrogens is 224 g/mol. The van der Waals surface area contributed by atoms with Crippen molar-refractivity contribution >= 4 is 17.7 Å². The Labute approximate surface area is 99.8 Å². The van der Waals surface area contributed by atoms with Crippen LogP contribution in [0.25, 0.3) is 0 Å². The second-order valence-corrected chi connectivity index (χ2v) is 4.25. The highest BCUT2D eigenvalue weighted by Gasteiger charge is 2.21. The lowest BCUT2D eigenvalue weighted by atomic mass is 10.1. The van der Waals surface area contributed by atoms with Gasteiger partial charge in [0, 0.05) is 10.5 Å². The van der Waals surface area contributed by atoms with Crippen molar-refractivity contribution in [2.75, 3.05) is 12.9 Å². The molecule has 1 rings (SSSR count). The number of aryl methyl sites for hydroxylation is 1. The molecule has 1 aromatic rings. The van der Waals surface area contributed by atoms with Crippen molar-refractivity contribution in [1.29, 1.82) is 0 Å². The summed E-state index contributed by atoms with van der Waals surface area (Å²) in [6.45, 7) is 3.96. The summed E-state index contributed by atoms with van der Waals surface area (Å²) in [6, 6.07) is 5.59. The molecule has 0 aliphatic heterocycles. The number of rotatable bonds is 4. The fourth-order valence-electron chi connectivity index (χ4n) is 1.39. The zero-order valence-corrected chi connectivity index (χ0v) is 10.5. The number of hydrogen-bond donors (Lipinski definition) is 1.